The van der Waals surface area contributed by atoms with Crippen LogP contribution in [0.1, 0.15) is 11.1 Å². The van der Waals surface area contributed by atoms with E-state index in [2.05, 4.69) is 4.98 Å². The molecule has 0 amide bonds. The normalized spacial score (nSPS) is 10.1. The molecule has 2 aromatic rings. The monoisotopic (exact) mass is 233 g/mol. The fourth-order valence-corrected chi connectivity index (χ4v) is 1.50. The van der Waals surface area contributed by atoms with Crippen LogP contribution in [-0.2, 0) is 12.5 Å². The fraction of sp³-hybridized carbons (Fsp3) is 0.154. The van der Waals surface area contributed by atoms with Crippen LogP contribution in [0.3, 0.4) is 0 Å². The minimum Gasteiger partial charge on any atom is -0.489 e. The number of ether oxygens (including phenoxy) is 1. The summed E-state index contributed by atoms with van der Waals surface area (Å²) in [6.45, 7) is 0.558. The highest BCUT2D eigenvalue weighted by atomic mass is 35.5. The summed E-state index contributed by atoms with van der Waals surface area (Å²) in [6.07, 6.45) is 3.52. The van der Waals surface area contributed by atoms with Gasteiger partial charge < -0.3 is 4.74 Å². The van der Waals surface area contributed by atoms with Crippen molar-refractivity contribution in [3.8, 4) is 5.75 Å². The second-order valence-corrected chi connectivity index (χ2v) is 3.69. The van der Waals surface area contributed by atoms with E-state index in [9.17, 15) is 0 Å². The zero-order valence-electron chi connectivity index (χ0n) is 8.77. The van der Waals surface area contributed by atoms with Crippen molar-refractivity contribution < 1.29 is 4.74 Å². The number of rotatable bonds is 4. The van der Waals surface area contributed by atoms with Crippen molar-refractivity contribution in [1.29, 1.82) is 0 Å². The molecule has 2 nitrogen and oxygen atoms in total. The van der Waals surface area contributed by atoms with Crippen LogP contribution in [0.5, 0.6) is 5.75 Å². The first-order valence-corrected chi connectivity index (χ1v) is 5.58. The summed E-state index contributed by atoms with van der Waals surface area (Å²) in [4.78, 5) is 3.95. The summed E-state index contributed by atoms with van der Waals surface area (Å²) in [6, 6.07) is 11.7. The highest BCUT2D eigenvalue weighted by Crippen LogP contribution is 2.14. The number of halogens is 1. The van der Waals surface area contributed by atoms with Gasteiger partial charge in [-0.25, -0.2) is 0 Å². The first kappa shape index (κ1) is 11.0. The molecule has 1 aromatic carbocycles. The van der Waals surface area contributed by atoms with Crippen molar-refractivity contribution in [3.63, 3.8) is 0 Å². The third-order valence-electron chi connectivity index (χ3n) is 2.23. The summed E-state index contributed by atoms with van der Waals surface area (Å²) in [5.41, 5.74) is 2.20. The van der Waals surface area contributed by atoms with Gasteiger partial charge in [-0.2, -0.15) is 0 Å². The molecular formula is C13H12ClNO. The minimum atomic E-state index is 0.532. The van der Waals surface area contributed by atoms with Crippen molar-refractivity contribution >= 4 is 11.6 Å². The molecule has 0 unspecified atom stereocenters. The van der Waals surface area contributed by atoms with Crippen LogP contribution >= 0.6 is 11.6 Å². The van der Waals surface area contributed by atoms with Gasteiger partial charge in [0.1, 0.15) is 12.4 Å². The molecule has 0 spiro atoms. The lowest BCUT2D eigenvalue weighted by Gasteiger charge is -2.06. The maximum Gasteiger partial charge on any atom is 0.119 e. The maximum absolute atomic E-state index is 5.70. The lowest BCUT2D eigenvalue weighted by Crippen LogP contribution is -1.95. The van der Waals surface area contributed by atoms with Crippen molar-refractivity contribution in [1.82, 2.24) is 4.98 Å². The van der Waals surface area contributed by atoms with Gasteiger partial charge in [-0.05, 0) is 35.4 Å². The standard InChI is InChI=1S/C13H12ClNO/c14-9-11-1-3-13(4-2-11)16-10-12-5-7-15-8-6-12/h1-8H,9-10H2. The van der Waals surface area contributed by atoms with Gasteiger partial charge in [0.2, 0.25) is 0 Å². The largest absolute Gasteiger partial charge is 0.489 e. The predicted molar refractivity (Wildman–Crippen MR) is 64.6 cm³/mol. The molecule has 0 aliphatic heterocycles. The lowest BCUT2D eigenvalue weighted by molar-refractivity contribution is 0.306. The van der Waals surface area contributed by atoms with Gasteiger partial charge in [-0.1, -0.05) is 12.1 Å². The zero-order valence-corrected chi connectivity index (χ0v) is 9.52. The van der Waals surface area contributed by atoms with Crippen LogP contribution in [0, 0.1) is 0 Å². The number of aromatic nitrogens is 1. The molecule has 1 aromatic heterocycles. The molecule has 0 bridgehead atoms. The zero-order chi connectivity index (χ0) is 11.2. The van der Waals surface area contributed by atoms with Crippen LogP contribution in [0.4, 0.5) is 0 Å². The summed E-state index contributed by atoms with van der Waals surface area (Å²) >= 11 is 5.70. The van der Waals surface area contributed by atoms with Gasteiger partial charge in [0, 0.05) is 18.3 Å². The molecule has 2 rings (SSSR count). The van der Waals surface area contributed by atoms with E-state index in [0.717, 1.165) is 16.9 Å². The predicted octanol–water partition coefficient (Wildman–Crippen LogP) is 3.40. The summed E-state index contributed by atoms with van der Waals surface area (Å²) < 4.78 is 5.62. The second kappa shape index (κ2) is 5.52. The van der Waals surface area contributed by atoms with E-state index < -0.39 is 0 Å². The number of alkyl halides is 1. The van der Waals surface area contributed by atoms with E-state index in [1.807, 2.05) is 36.4 Å². The molecule has 1 heterocycles. The lowest BCUT2D eigenvalue weighted by atomic mass is 10.2. The molecule has 0 atom stereocenters. The number of pyridine rings is 1. The topological polar surface area (TPSA) is 22.1 Å². The van der Waals surface area contributed by atoms with E-state index >= 15 is 0 Å². The van der Waals surface area contributed by atoms with Crippen LogP contribution in [0.15, 0.2) is 48.8 Å². The van der Waals surface area contributed by atoms with E-state index in [1.165, 1.54) is 0 Å². The third-order valence-corrected chi connectivity index (χ3v) is 2.54. The average molecular weight is 234 g/mol. The molecule has 0 N–H and O–H groups in total. The first-order valence-electron chi connectivity index (χ1n) is 5.05. The summed E-state index contributed by atoms with van der Waals surface area (Å²) in [5.74, 6) is 1.38. The molecule has 0 fully saturated rings. The average Bonchev–Trinajstić information content (AvgIpc) is 2.38. The van der Waals surface area contributed by atoms with E-state index in [0.29, 0.717) is 12.5 Å². The Labute approximate surface area is 99.9 Å². The number of hydrogen-bond donors (Lipinski definition) is 0. The quantitative estimate of drug-likeness (QED) is 0.756. The van der Waals surface area contributed by atoms with Crippen LogP contribution in [0.25, 0.3) is 0 Å². The van der Waals surface area contributed by atoms with Crippen molar-refractivity contribution in [2.24, 2.45) is 0 Å². The van der Waals surface area contributed by atoms with Crippen molar-refractivity contribution in [2.75, 3.05) is 0 Å². The minimum absolute atomic E-state index is 0.532. The molecule has 0 radical (unpaired) electrons. The van der Waals surface area contributed by atoms with Gasteiger partial charge in [0.25, 0.3) is 0 Å². The molecule has 0 saturated carbocycles. The molecule has 0 aliphatic rings. The number of benzene rings is 1. The Balaban J connectivity index is 1.94. The Kier molecular flexibility index (Phi) is 3.78. The van der Waals surface area contributed by atoms with Crippen LogP contribution in [0.2, 0.25) is 0 Å². The first-order chi connectivity index (χ1) is 7.88. The van der Waals surface area contributed by atoms with Gasteiger partial charge in [0.15, 0.2) is 0 Å². The van der Waals surface area contributed by atoms with Gasteiger partial charge in [-0.3, -0.25) is 4.98 Å². The van der Waals surface area contributed by atoms with Crippen LogP contribution < -0.4 is 4.74 Å². The van der Waals surface area contributed by atoms with E-state index in [4.69, 9.17) is 16.3 Å². The van der Waals surface area contributed by atoms with Crippen molar-refractivity contribution in [2.45, 2.75) is 12.5 Å². The Morgan fingerprint density at radius 1 is 0.938 bits per heavy atom. The Hall–Kier alpha value is -1.54. The van der Waals surface area contributed by atoms with Gasteiger partial charge in [-0.15, -0.1) is 11.6 Å². The molecule has 16 heavy (non-hydrogen) atoms. The molecule has 0 aliphatic carbocycles. The summed E-state index contributed by atoms with van der Waals surface area (Å²) in [7, 11) is 0. The highest BCUT2D eigenvalue weighted by Gasteiger charge is 1.96. The maximum atomic E-state index is 5.70. The highest BCUT2D eigenvalue weighted by molar-refractivity contribution is 6.17. The summed E-state index contributed by atoms with van der Waals surface area (Å²) in [5, 5.41) is 0. The van der Waals surface area contributed by atoms with E-state index in [1.54, 1.807) is 12.4 Å². The molecule has 3 heteroatoms. The third kappa shape index (κ3) is 2.97. The fourth-order valence-electron chi connectivity index (χ4n) is 1.32. The van der Waals surface area contributed by atoms with Crippen molar-refractivity contribution in [3.05, 3.63) is 59.9 Å². The van der Waals surface area contributed by atoms with E-state index in [-0.39, 0.29) is 0 Å². The van der Waals surface area contributed by atoms with Crippen LogP contribution in [-0.4, -0.2) is 4.98 Å². The Morgan fingerprint density at radius 3 is 2.25 bits per heavy atom. The second-order valence-electron chi connectivity index (χ2n) is 3.42. The molecule has 0 saturated heterocycles. The Morgan fingerprint density at radius 2 is 1.62 bits per heavy atom. The molecular weight excluding hydrogens is 222 g/mol. The van der Waals surface area contributed by atoms with Gasteiger partial charge >= 0.3 is 0 Å². The number of hydrogen-bond acceptors (Lipinski definition) is 2. The van der Waals surface area contributed by atoms with Gasteiger partial charge in [0.05, 0.1) is 0 Å². The smallest absolute Gasteiger partial charge is 0.119 e. The SMILES string of the molecule is ClCc1ccc(OCc2ccncc2)cc1. The molecule has 82 valence electrons. The Bertz CT molecular complexity index is 427. The number of nitrogens with zero attached hydrogens (tertiary/aromatic N) is 1.